The number of halogens is 2. The fourth-order valence-electron chi connectivity index (χ4n) is 2.85. The summed E-state index contributed by atoms with van der Waals surface area (Å²) in [6, 6.07) is 3.29. The maximum absolute atomic E-state index is 14.0. The molecule has 1 fully saturated rings. The van der Waals surface area contributed by atoms with Crippen molar-refractivity contribution in [2.45, 2.75) is 46.3 Å². The van der Waals surface area contributed by atoms with E-state index in [1.54, 1.807) is 6.26 Å². The maximum Gasteiger partial charge on any atom is 0.142 e. The molecule has 0 radical (unpaired) electrons. The summed E-state index contributed by atoms with van der Waals surface area (Å²) in [5.41, 5.74) is 1.29. The van der Waals surface area contributed by atoms with Crippen LogP contribution in [0.25, 0.3) is 0 Å². The van der Waals surface area contributed by atoms with Crippen molar-refractivity contribution >= 4 is 9.39 Å². The summed E-state index contributed by atoms with van der Waals surface area (Å²) in [6.45, 7) is 11.0. The minimum atomic E-state index is -0.557. The molecule has 1 aromatic rings. The van der Waals surface area contributed by atoms with Gasteiger partial charge in [-0.1, -0.05) is 37.1 Å². The van der Waals surface area contributed by atoms with Crippen molar-refractivity contribution in [3.05, 3.63) is 47.4 Å². The van der Waals surface area contributed by atoms with E-state index in [9.17, 15) is 8.78 Å². The highest BCUT2D eigenvalue weighted by Crippen LogP contribution is 2.34. The van der Waals surface area contributed by atoms with Gasteiger partial charge in [-0.05, 0) is 18.2 Å². The van der Waals surface area contributed by atoms with Gasteiger partial charge in [0.25, 0.3) is 0 Å². The first-order valence-corrected chi connectivity index (χ1v) is 9.85. The molecule has 1 saturated heterocycles. The predicted octanol–water partition coefficient (Wildman–Crippen LogP) is 4.40. The Morgan fingerprint density at radius 1 is 1.12 bits per heavy atom. The maximum atomic E-state index is 14.0. The number of benzene rings is 1. The zero-order chi connectivity index (χ0) is 19.5. The largest absolute Gasteiger partial charge is 0.490 e. The summed E-state index contributed by atoms with van der Waals surface area (Å²) >= 11 is 0. The van der Waals surface area contributed by atoms with E-state index in [1.165, 1.54) is 6.07 Å². The smallest absolute Gasteiger partial charge is 0.142 e. The highest BCUT2D eigenvalue weighted by atomic mass is 31.0. The van der Waals surface area contributed by atoms with Crippen LogP contribution in [0.4, 0.5) is 8.78 Å². The van der Waals surface area contributed by atoms with Gasteiger partial charge in [0.15, 0.2) is 0 Å². The van der Waals surface area contributed by atoms with Crippen LogP contribution >= 0.6 is 9.39 Å². The summed E-state index contributed by atoms with van der Waals surface area (Å²) in [4.78, 5) is 2.21. The molecule has 2 aliphatic heterocycles. The quantitative estimate of drug-likeness (QED) is 0.779. The molecule has 0 aliphatic carbocycles. The summed E-state index contributed by atoms with van der Waals surface area (Å²) in [6.07, 6.45) is 1.79. The zero-order valence-corrected chi connectivity index (χ0v) is 17.3. The molecule has 26 heavy (non-hydrogen) atoms. The molecule has 7 heteroatoms. The number of nitrogens with one attached hydrogen (secondary N) is 1. The van der Waals surface area contributed by atoms with Crippen LogP contribution in [0.2, 0.25) is 0 Å². The van der Waals surface area contributed by atoms with Gasteiger partial charge in [-0.2, -0.15) is 0 Å². The topological polar surface area (TPSA) is 33.7 Å². The number of ether oxygens (including phenoxy) is 2. The molecule has 0 saturated carbocycles. The molecular formula is C19H31F2N2O2P. The van der Waals surface area contributed by atoms with Crippen molar-refractivity contribution in [3.63, 3.8) is 0 Å². The van der Waals surface area contributed by atoms with Gasteiger partial charge in [0, 0.05) is 25.1 Å². The lowest BCUT2D eigenvalue weighted by Crippen LogP contribution is -2.41. The lowest BCUT2D eigenvalue weighted by Gasteiger charge is -2.38. The third-order valence-electron chi connectivity index (χ3n) is 4.04. The molecule has 1 aromatic carbocycles. The molecule has 0 spiro atoms. The number of rotatable bonds is 3. The highest BCUT2D eigenvalue weighted by Gasteiger charge is 2.32. The van der Waals surface area contributed by atoms with Crippen LogP contribution in [0.3, 0.4) is 0 Å². The van der Waals surface area contributed by atoms with E-state index in [0.29, 0.717) is 19.6 Å². The highest BCUT2D eigenvalue weighted by molar-refractivity contribution is 7.13. The first-order chi connectivity index (χ1) is 12.7. The van der Waals surface area contributed by atoms with Gasteiger partial charge < -0.3 is 14.4 Å². The summed E-state index contributed by atoms with van der Waals surface area (Å²) in [7, 11) is 2.44. The average Bonchev–Trinajstić information content (AvgIpc) is 2.73. The second-order valence-electron chi connectivity index (χ2n) is 5.41. The molecule has 3 rings (SSSR count). The van der Waals surface area contributed by atoms with E-state index >= 15 is 0 Å². The van der Waals surface area contributed by atoms with Crippen LogP contribution in [0, 0.1) is 11.6 Å². The molecule has 2 aliphatic rings. The normalized spacial score (nSPS) is 22.1. The van der Waals surface area contributed by atoms with Crippen molar-refractivity contribution in [3.8, 4) is 0 Å². The average molecular weight is 388 g/mol. The van der Waals surface area contributed by atoms with Gasteiger partial charge in [-0.25, -0.2) is 8.78 Å². The second kappa shape index (κ2) is 12.2. The van der Waals surface area contributed by atoms with Crippen molar-refractivity contribution in [2.24, 2.45) is 0 Å². The summed E-state index contributed by atoms with van der Waals surface area (Å²) in [5.74, 6) is -0.926. The fourth-order valence-corrected chi connectivity index (χ4v) is 3.14. The molecule has 0 amide bonds. The summed E-state index contributed by atoms with van der Waals surface area (Å²) in [5, 5.41) is 3.07. The van der Waals surface area contributed by atoms with Crippen LogP contribution in [0.15, 0.2) is 30.2 Å². The molecule has 2 unspecified atom stereocenters. The van der Waals surface area contributed by atoms with Crippen molar-refractivity contribution < 1.29 is 18.3 Å². The van der Waals surface area contributed by atoms with Gasteiger partial charge in [-0.15, -0.1) is 0 Å². The van der Waals surface area contributed by atoms with E-state index in [-0.39, 0.29) is 11.6 Å². The van der Waals surface area contributed by atoms with Crippen LogP contribution < -0.4 is 5.09 Å². The first kappa shape index (κ1) is 22.8. The molecule has 3 atom stereocenters. The van der Waals surface area contributed by atoms with Crippen LogP contribution in [-0.2, 0) is 9.47 Å². The van der Waals surface area contributed by atoms with Crippen molar-refractivity contribution in [1.82, 2.24) is 9.99 Å². The fraction of sp³-hybridized carbons (Fsp3) is 0.579. The van der Waals surface area contributed by atoms with Crippen LogP contribution in [-0.4, -0.2) is 37.2 Å². The number of morpholine rings is 1. The predicted molar refractivity (Wildman–Crippen MR) is 105 cm³/mol. The molecular weight excluding hydrogens is 357 g/mol. The Kier molecular flexibility index (Phi) is 10.7. The Morgan fingerprint density at radius 2 is 1.77 bits per heavy atom. The Bertz CT molecular complexity index is 566. The minimum absolute atomic E-state index is 0.149. The van der Waals surface area contributed by atoms with Crippen LogP contribution in [0.5, 0.6) is 0 Å². The second-order valence-corrected chi connectivity index (χ2v) is 5.74. The van der Waals surface area contributed by atoms with E-state index in [4.69, 9.17) is 9.47 Å². The number of hydrogen-bond donors (Lipinski definition) is 1. The lowest BCUT2D eigenvalue weighted by molar-refractivity contribution is 0.0328. The van der Waals surface area contributed by atoms with Gasteiger partial charge in [-0.3, -0.25) is 5.09 Å². The zero-order valence-electron chi connectivity index (χ0n) is 16.1. The number of hydrogen-bond acceptors (Lipinski definition) is 4. The molecule has 1 N–H and O–H groups in total. The molecule has 0 bridgehead atoms. The van der Waals surface area contributed by atoms with E-state index in [2.05, 4.69) is 19.4 Å². The van der Waals surface area contributed by atoms with Gasteiger partial charge in [0.1, 0.15) is 24.0 Å². The van der Waals surface area contributed by atoms with Crippen LogP contribution in [0.1, 0.15) is 45.8 Å². The first-order valence-electron chi connectivity index (χ1n) is 9.27. The monoisotopic (exact) mass is 388 g/mol. The van der Waals surface area contributed by atoms with Crippen molar-refractivity contribution in [1.29, 1.82) is 0 Å². The summed E-state index contributed by atoms with van der Waals surface area (Å²) < 4.78 is 38.5. The van der Waals surface area contributed by atoms with Gasteiger partial charge in [0.2, 0.25) is 0 Å². The van der Waals surface area contributed by atoms with E-state index in [1.807, 2.05) is 27.7 Å². The van der Waals surface area contributed by atoms with Crippen molar-refractivity contribution in [2.75, 3.05) is 26.3 Å². The van der Waals surface area contributed by atoms with Gasteiger partial charge >= 0.3 is 0 Å². The Labute approximate surface area is 158 Å². The molecule has 0 aromatic heterocycles. The molecule has 4 nitrogen and oxygen atoms in total. The Morgan fingerprint density at radius 3 is 2.38 bits per heavy atom. The standard InChI is InChI=1S/C15H19F2N2O2P.2C2H6/c16-10-1-2-13(17)12(7-10)15-14(18-22)8-11(9-21-15)19-3-5-20-6-4-19;2*1-2/h1-2,7,9,14-15,18H,3-6,8,22H2;2*1-2H3/t14?,15-;;/m1../s1. The third kappa shape index (κ3) is 5.90. The third-order valence-corrected chi connectivity index (χ3v) is 4.47. The Hall–Kier alpha value is -1.23. The van der Waals surface area contributed by atoms with E-state index in [0.717, 1.165) is 30.9 Å². The Balaban J connectivity index is 0.000000791. The number of nitrogens with zero attached hydrogens (tertiary/aromatic N) is 1. The molecule has 2 heterocycles. The SMILES string of the molecule is CC.CC.Fc1ccc(F)c([C@H]2OC=C(N3CCOCC3)CC2NP)c1. The van der Waals surface area contributed by atoms with Gasteiger partial charge in [0.05, 0.1) is 25.0 Å². The molecule has 148 valence electrons. The van der Waals surface area contributed by atoms with E-state index < -0.39 is 17.7 Å². The lowest BCUT2D eigenvalue weighted by atomic mass is 9.96. The minimum Gasteiger partial charge on any atom is -0.490 e.